The molecule has 3 heterocycles. The van der Waals surface area contributed by atoms with Crippen LogP contribution < -0.4 is 14.4 Å². The molecule has 3 aliphatic heterocycles. The van der Waals surface area contributed by atoms with Gasteiger partial charge in [-0.15, -0.1) is 0 Å². The van der Waals surface area contributed by atoms with Crippen LogP contribution in [0.1, 0.15) is 5.56 Å². The molecule has 0 saturated carbocycles. The number of carbonyl (C=O) groups excluding carboxylic acids is 3. The maximum absolute atomic E-state index is 13.5. The standard InChI is InChI=1S/C25H25N5O6/c1-27-22-21(23(32)29(25(27)33)14-20(31)36-4)28-13-18(15-8-6-5-7-9-15)30(24(28)26-22)17-11-10-16(34-2)12-19(17)35-3/h5-13,21-22H,14H2,1-4H3. The van der Waals surface area contributed by atoms with Crippen LogP contribution in [0.4, 0.5) is 10.5 Å². The second-order valence-corrected chi connectivity index (χ2v) is 8.34. The maximum Gasteiger partial charge on any atom is 0.328 e. The minimum atomic E-state index is -0.847. The van der Waals surface area contributed by atoms with Crippen LogP contribution in [0.2, 0.25) is 0 Å². The summed E-state index contributed by atoms with van der Waals surface area (Å²) in [5.41, 5.74) is 2.34. The van der Waals surface area contributed by atoms with Gasteiger partial charge in [0.15, 0.2) is 12.2 Å². The topological polar surface area (TPSA) is 104 Å². The van der Waals surface area contributed by atoms with Gasteiger partial charge in [0.1, 0.15) is 18.0 Å². The Morgan fingerprint density at radius 2 is 1.78 bits per heavy atom. The number of rotatable bonds is 6. The highest BCUT2D eigenvalue weighted by atomic mass is 16.5. The number of guanidine groups is 1. The second kappa shape index (κ2) is 8.91. The number of imide groups is 1. The average molecular weight is 492 g/mol. The Bertz CT molecular complexity index is 1290. The van der Waals surface area contributed by atoms with E-state index in [0.717, 1.165) is 16.2 Å². The molecule has 3 aliphatic rings. The molecule has 0 N–H and O–H groups in total. The lowest BCUT2D eigenvalue weighted by molar-refractivity contribution is -0.148. The van der Waals surface area contributed by atoms with Crippen molar-refractivity contribution in [2.24, 2.45) is 4.99 Å². The minimum Gasteiger partial charge on any atom is -0.497 e. The highest BCUT2D eigenvalue weighted by Gasteiger charge is 2.55. The number of likely N-dealkylation sites (N-methyl/N-ethyl adjacent to an activating group) is 1. The van der Waals surface area contributed by atoms with E-state index in [0.29, 0.717) is 23.1 Å². The van der Waals surface area contributed by atoms with Crippen molar-refractivity contribution in [3.05, 3.63) is 60.3 Å². The van der Waals surface area contributed by atoms with Crippen molar-refractivity contribution < 1.29 is 28.6 Å². The summed E-state index contributed by atoms with van der Waals surface area (Å²) in [6.45, 7) is -0.476. The molecular formula is C25H25N5O6. The fourth-order valence-electron chi connectivity index (χ4n) is 4.59. The van der Waals surface area contributed by atoms with Crippen molar-refractivity contribution >= 4 is 35.3 Å². The zero-order valence-electron chi connectivity index (χ0n) is 20.2. The zero-order valence-corrected chi connectivity index (χ0v) is 20.2. The monoisotopic (exact) mass is 491 g/mol. The van der Waals surface area contributed by atoms with E-state index in [1.807, 2.05) is 53.6 Å². The number of esters is 1. The van der Waals surface area contributed by atoms with Crippen LogP contribution in [0.25, 0.3) is 5.70 Å². The molecule has 1 fully saturated rings. The summed E-state index contributed by atoms with van der Waals surface area (Å²) >= 11 is 0. The Morgan fingerprint density at radius 3 is 2.44 bits per heavy atom. The van der Waals surface area contributed by atoms with Crippen LogP contribution in [0, 0.1) is 0 Å². The summed E-state index contributed by atoms with van der Waals surface area (Å²) in [5.74, 6) is 0.408. The number of hydrogen-bond donors (Lipinski definition) is 0. The first-order valence-electron chi connectivity index (χ1n) is 11.2. The molecule has 0 aliphatic carbocycles. The van der Waals surface area contributed by atoms with E-state index in [4.69, 9.17) is 14.5 Å². The fraction of sp³-hybridized carbons (Fsp3) is 0.280. The number of ether oxygens (including phenoxy) is 3. The van der Waals surface area contributed by atoms with E-state index in [1.54, 1.807) is 32.2 Å². The number of nitrogens with zero attached hydrogens (tertiary/aromatic N) is 5. The van der Waals surface area contributed by atoms with Crippen molar-refractivity contribution in [2.75, 3.05) is 39.8 Å². The van der Waals surface area contributed by atoms with Gasteiger partial charge in [0.05, 0.1) is 32.7 Å². The molecule has 2 aromatic carbocycles. The summed E-state index contributed by atoms with van der Waals surface area (Å²) in [6.07, 6.45) is 1.06. The molecular weight excluding hydrogens is 466 g/mol. The highest BCUT2D eigenvalue weighted by molar-refractivity contribution is 6.17. The predicted molar refractivity (Wildman–Crippen MR) is 130 cm³/mol. The van der Waals surface area contributed by atoms with Gasteiger partial charge in [0, 0.05) is 24.9 Å². The van der Waals surface area contributed by atoms with E-state index in [9.17, 15) is 14.4 Å². The van der Waals surface area contributed by atoms with Gasteiger partial charge in [-0.2, -0.15) is 0 Å². The molecule has 2 atom stereocenters. The average Bonchev–Trinajstić information content (AvgIpc) is 3.46. The molecule has 2 unspecified atom stereocenters. The molecule has 5 rings (SSSR count). The number of fused-ring (bicyclic) bond motifs is 3. The Morgan fingerprint density at radius 1 is 1.03 bits per heavy atom. The smallest absolute Gasteiger partial charge is 0.328 e. The highest BCUT2D eigenvalue weighted by Crippen LogP contribution is 2.43. The molecule has 11 heteroatoms. The molecule has 1 saturated heterocycles. The number of methoxy groups -OCH3 is 3. The van der Waals surface area contributed by atoms with Crippen LogP contribution in [-0.4, -0.2) is 85.7 Å². The van der Waals surface area contributed by atoms with Crippen LogP contribution >= 0.6 is 0 Å². The largest absolute Gasteiger partial charge is 0.497 e. The Balaban J connectivity index is 1.62. The molecule has 11 nitrogen and oxygen atoms in total. The Kier molecular flexibility index (Phi) is 5.75. The fourth-order valence-corrected chi connectivity index (χ4v) is 4.59. The minimum absolute atomic E-state index is 0.459. The molecule has 0 bridgehead atoms. The summed E-state index contributed by atoms with van der Waals surface area (Å²) in [4.78, 5) is 49.1. The van der Waals surface area contributed by atoms with Crippen molar-refractivity contribution in [3.63, 3.8) is 0 Å². The van der Waals surface area contributed by atoms with Gasteiger partial charge in [0.2, 0.25) is 5.96 Å². The summed E-state index contributed by atoms with van der Waals surface area (Å²) in [7, 11) is 5.91. The van der Waals surface area contributed by atoms with Gasteiger partial charge in [-0.3, -0.25) is 24.3 Å². The third kappa shape index (κ3) is 3.51. The number of urea groups is 1. The third-order valence-corrected chi connectivity index (χ3v) is 6.42. The Hall–Kier alpha value is -4.54. The van der Waals surface area contributed by atoms with Crippen molar-refractivity contribution in [2.45, 2.75) is 12.2 Å². The molecule has 36 heavy (non-hydrogen) atoms. The molecule has 0 radical (unpaired) electrons. The lowest BCUT2D eigenvalue weighted by Gasteiger charge is -2.39. The van der Waals surface area contributed by atoms with Gasteiger partial charge in [-0.05, 0) is 12.1 Å². The number of carbonyl (C=O) groups is 3. The number of benzene rings is 2. The summed E-state index contributed by atoms with van der Waals surface area (Å²) in [6, 6.07) is 13.6. The molecule has 186 valence electrons. The van der Waals surface area contributed by atoms with E-state index in [-0.39, 0.29) is 0 Å². The van der Waals surface area contributed by atoms with Crippen molar-refractivity contribution in [1.82, 2.24) is 14.7 Å². The van der Waals surface area contributed by atoms with Crippen molar-refractivity contribution in [1.29, 1.82) is 0 Å². The lowest BCUT2D eigenvalue weighted by atomic mass is 10.1. The maximum atomic E-state index is 13.5. The quantitative estimate of drug-likeness (QED) is 0.565. The van der Waals surface area contributed by atoms with Gasteiger partial charge in [-0.25, -0.2) is 9.79 Å². The van der Waals surface area contributed by atoms with Crippen LogP contribution in [0.15, 0.2) is 59.7 Å². The SMILES string of the molecule is COC(=O)CN1C(=O)C2C(N=C3N(c4ccc(OC)cc4OC)C(c4ccccc4)=CN32)N(C)C1=O. The van der Waals surface area contributed by atoms with Gasteiger partial charge >= 0.3 is 12.0 Å². The first-order valence-corrected chi connectivity index (χ1v) is 11.2. The van der Waals surface area contributed by atoms with Gasteiger partial charge < -0.3 is 19.1 Å². The number of hydrogen-bond acceptors (Lipinski definition) is 9. The number of aliphatic imine (C=N–C) groups is 1. The predicted octanol–water partition coefficient (Wildman–Crippen LogP) is 1.96. The van der Waals surface area contributed by atoms with E-state index < -0.39 is 36.7 Å². The van der Waals surface area contributed by atoms with Gasteiger partial charge in [0.25, 0.3) is 5.91 Å². The molecule has 3 amide bonds. The normalized spacial score (nSPS) is 20.7. The van der Waals surface area contributed by atoms with Crippen LogP contribution in [0.5, 0.6) is 11.5 Å². The van der Waals surface area contributed by atoms with Crippen LogP contribution in [-0.2, 0) is 14.3 Å². The third-order valence-electron chi connectivity index (χ3n) is 6.42. The van der Waals surface area contributed by atoms with E-state index in [1.165, 1.54) is 12.0 Å². The summed E-state index contributed by atoms with van der Waals surface area (Å²) < 4.78 is 15.7. The van der Waals surface area contributed by atoms with E-state index in [2.05, 4.69) is 4.74 Å². The zero-order chi connectivity index (χ0) is 25.6. The van der Waals surface area contributed by atoms with Crippen molar-refractivity contribution in [3.8, 4) is 11.5 Å². The number of amides is 3. The van der Waals surface area contributed by atoms with Gasteiger partial charge in [-0.1, -0.05) is 30.3 Å². The molecule has 0 spiro atoms. The first-order chi connectivity index (χ1) is 17.4. The first kappa shape index (κ1) is 23.2. The molecule has 2 aromatic rings. The second-order valence-electron chi connectivity index (χ2n) is 8.34. The Labute approximate surface area is 207 Å². The van der Waals surface area contributed by atoms with Crippen LogP contribution in [0.3, 0.4) is 0 Å². The van der Waals surface area contributed by atoms with E-state index >= 15 is 0 Å². The lowest BCUT2D eigenvalue weighted by Crippen LogP contribution is -2.65. The number of anilines is 1. The summed E-state index contributed by atoms with van der Waals surface area (Å²) in [5, 5.41) is 0. The molecule has 0 aromatic heterocycles.